The number of ketones is 1. The van der Waals surface area contributed by atoms with Crippen molar-refractivity contribution in [3.8, 4) is 22.9 Å². The number of methoxy groups -OCH3 is 1. The summed E-state index contributed by atoms with van der Waals surface area (Å²) in [5.41, 5.74) is 1.85. The van der Waals surface area contributed by atoms with E-state index in [1.165, 1.54) is 13.2 Å². The van der Waals surface area contributed by atoms with Crippen LogP contribution in [0.15, 0.2) is 42.5 Å². The zero-order valence-electron chi connectivity index (χ0n) is 16.5. The van der Waals surface area contributed by atoms with Gasteiger partial charge in [-0.1, -0.05) is 25.1 Å². The molecule has 0 spiro atoms. The van der Waals surface area contributed by atoms with Crippen molar-refractivity contribution in [2.75, 3.05) is 19.0 Å². The van der Waals surface area contributed by atoms with Gasteiger partial charge in [-0.2, -0.15) is 5.26 Å². The van der Waals surface area contributed by atoms with Gasteiger partial charge in [0.25, 0.3) is 0 Å². The summed E-state index contributed by atoms with van der Waals surface area (Å²) in [7, 11) is 1.26. The number of hydrogen-bond acceptors (Lipinski definition) is 6. The molecule has 0 bridgehead atoms. The van der Waals surface area contributed by atoms with Gasteiger partial charge in [0.15, 0.2) is 11.7 Å². The molecular formula is C22H22N2O5. The van der Waals surface area contributed by atoms with Gasteiger partial charge < -0.3 is 14.8 Å². The van der Waals surface area contributed by atoms with E-state index in [-0.39, 0.29) is 17.7 Å². The van der Waals surface area contributed by atoms with Gasteiger partial charge in [0.2, 0.25) is 5.91 Å². The average molecular weight is 394 g/mol. The number of nitrogens with one attached hydrogen (secondary N) is 1. The summed E-state index contributed by atoms with van der Waals surface area (Å²) in [4.78, 5) is 36.4. The normalized spacial score (nSPS) is 11.1. The van der Waals surface area contributed by atoms with Crippen LogP contribution in [0.4, 0.5) is 5.69 Å². The van der Waals surface area contributed by atoms with Crippen LogP contribution in [-0.2, 0) is 14.3 Å². The minimum Gasteiger partial charge on any atom is -0.494 e. The van der Waals surface area contributed by atoms with Gasteiger partial charge in [-0.05, 0) is 42.3 Å². The molecule has 0 heterocycles. The lowest BCUT2D eigenvalue weighted by Crippen LogP contribution is -2.28. The smallest absolute Gasteiger partial charge is 0.338 e. The van der Waals surface area contributed by atoms with E-state index in [1.54, 1.807) is 31.2 Å². The summed E-state index contributed by atoms with van der Waals surface area (Å²) in [6.45, 7) is 3.97. The standard InChI is InChI=1S/C22H22N2O5/c1-4-20(25)19(13-23)21(26)24-15-9-10-17(18(12-15)22(27)28-3)14-7-6-8-16(11-14)29-5-2/h6-12,19H,4-5H2,1-3H3,(H,24,26). The van der Waals surface area contributed by atoms with Crippen molar-refractivity contribution in [2.24, 2.45) is 5.92 Å². The maximum absolute atomic E-state index is 12.3. The van der Waals surface area contributed by atoms with Crippen molar-refractivity contribution in [2.45, 2.75) is 20.3 Å². The third kappa shape index (κ3) is 5.20. The second-order valence-electron chi connectivity index (χ2n) is 6.08. The van der Waals surface area contributed by atoms with Crippen molar-refractivity contribution >= 4 is 23.3 Å². The third-order valence-electron chi connectivity index (χ3n) is 4.21. The molecule has 1 atom stereocenters. The van der Waals surface area contributed by atoms with Crippen molar-refractivity contribution < 1.29 is 23.9 Å². The van der Waals surface area contributed by atoms with Gasteiger partial charge in [0.05, 0.1) is 25.3 Å². The number of amides is 1. The Hall–Kier alpha value is -3.66. The number of carbonyl (C=O) groups is 3. The summed E-state index contributed by atoms with van der Waals surface area (Å²) in [5.74, 6) is -2.53. The first kappa shape index (κ1) is 21.6. The Morgan fingerprint density at radius 3 is 2.52 bits per heavy atom. The van der Waals surface area contributed by atoms with Crippen LogP contribution in [0.2, 0.25) is 0 Å². The van der Waals surface area contributed by atoms with Crippen LogP contribution in [-0.4, -0.2) is 31.4 Å². The van der Waals surface area contributed by atoms with E-state index in [0.29, 0.717) is 17.9 Å². The average Bonchev–Trinajstić information content (AvgIpc) is 2.73. The number of nitrogens with zero attached hydrogens (tertiary/aromatic N) is 1. The Balaban J connectivity index is 2.41. The summed E-state index contributed by atoms with van der Waals surface area (Å²) in [5, 5.41) is 11.6. The Kier molecular flexibility index (Phi) is 7.49. The number of esters is 1. The molecule has 1 amide bonds. The highest BCUT2D eigenvalue weighted by Crippen LogP contribution is 2.30. The number of nitriles is 1. The lowest BCUT2D eigenvalue weighted by Gasteiger charge is -2.13. The van der Waals surface area contributed by atoms with Crippen molar-refractivity contribution in [3.63, 3.8) is 0 Å². The second kappa shape index (κ2) is 10.0. The van der Waals surface area contributed by atoms with Crippen LogP contribution in [0, 0.1) is 17.2 Å². The molecule has 7 nitrogen and oxygen atoms in total. The molecule has 2 rings (SSSR count). The second-order valence-corrected chi connectivity index (χ2v) is 6.08. The van der Waals surface area contributed by atoms with Gasteiger partial charge in [-0.25, -0.2) is 4.79 Å². The molecule has 0 aliphatic heterocycles. The molecule has 150 valence electrons. The molecule has 2 aromatic carbocycles. The molecule has 0 saturated heterocycles. The van der Waals surface area contributed by atoms with E-state index >= 15 is 0 Å². The van der Waals surface area contributed by atoms with E-state index in [0.717, 1.165) is 5.56 Å². The summed E-state index contributed by atoms with van der Waals surface area (Å²) >= 11 is 0. The summed E-state index contributed by atoms with van der Waals surface area (Å²) < 4.78 is 10.4. The highest BCUT2D eigenvalue weighted by atomic mass is 16.5. The zero-order chi connectivity index (χ0) is 21.4. The molecular weight excluding hydrogens is 372 g/mol. The van der Waals surface area contributed by atoms with E-state index < -0.39 is 23.6 Å². The number of ether oxygens (including phenoxy) is 2. The maximum Gasteiger partial charge on any atom is 0.338 e. The molecule has 0 radical (unpaired) electrons. The number of rotatable bonds is 8. The quantitative estimate of drug-likeness (QED) is 0.542. The third-order valence-corrected chi connectivity index (χ3v) is 4.21. The number of carbonyl (C=O) groups excluding carboxylic acids is 3. The molecule has 29 heavy (non-hydrogen) atoms. The van der Waals surface area contributed by atoms with E-state index in [1.807, 2.05) is 25.1 Å². The van der Waals surface area contributed by atoms with Gasteiger partial charge in [-0.3, -0.25) is 9.59 Å². The Bertz CT molecular complexity index is 962. The van der Waals surface area contributed by atoms with Crippen molar-refractivity contribution in [1.82, 2.24) is 0 Å². The topological polar surface area (TPSA) is 105 Å². The molecule has 0 saturated carbocycles. The molecule has 1 N–H and O–H groups in total. The lowest BCUT2D eigenvalue weighted by atomic mass is 9.98. The number of anilines is 1. The van der Waals surface area contributed by atoms with Crippen molar-refractivity contribution in [1.29, 1.82) is 5.26 Å². The van der Waals surface area contributed by atoms with Crippen molar-refractivity contribution in [3.05, 3.63) is 48.0 Å². The molecule has 0 aliphatic carbocycles. The fourth-order valence-electron chi connectivity index (χ4n) is 2.77. The van der Waals surface area contributed by atoms with Crippen LogP contribution < -0.4 is 10.1 Å². The fraction of sp³-hybridized carbons (Fsp3) is 0.273. The number of hydrogen-bond donors (Lipinski definition) is 1. The van der Waals surface area contributed by atoms with E-state index in [2.05, 4.69) is 5.32 Å². The zero-order valence-corrected chi connectivity index (χ0v) is 16.5. The Morgan fingerprint density at radius 2 is 1.90 bits per heavy atom. The SMILES string of the molecule is CCOc1cccc(-c2ccc(NC(=O)C(C#N)C(=O)CC)cc2C(=O)OC)c1. The minimum atomic E-state index is -1.40. The number of benzene rings is 2. The lowest BCUT2D eigenvalue weighted by molar-refractivity contribution is -0.128. The van der Waals surface area contributed by atoms with E-state index in [4.69, 9.17) is 14.7 Å². The van der Waals surface area contributed by atoms with E-state index in [9.17, 15) is 14.4 Å². The minimum absolute atomic E-state index is 0.0775. The number of Topliss-reactive ketones (excluding diaryl/α,β-unsaturated/α-hetero) is 1. The predicted octanol–water partition coefficient (Wildman–Crippen LogP) is 3.60. The van der Waals surface area contributed by atoms with Gasteiger partial charge >= 0.3 is 5.97 Å². The van der Waals surface area contributed by atoms with Crippen LogP contribution in [0.25, 0.3) is 11.1 Å². The van der Waals surface area contributed by atoms with Crippen LogP contribution in [0.5, 0.6) is 5.75 Å². The van der Waals surface area contributed by atoms with Gasteiger partial charge in [0, 0.05) is 12.1 Å². The molecule has 0 fully saturated rings. The van der Waals surface area contributed by atoms with Gasteiger partial charge in [0.1, 0.15) is 5.75 Å². The molecule has 0 aromatic heterocycles. The highest BCUT2D eigenvalue weighted by Gasteiger charge is 2.25. The molecule has 1 unspecified atom stereocenters. The Morgan fingerprint density at radius 1 is 1.14 bits per heavy atom. The summed E-state index contributed by atoms with van der Waals surface area (Å²) in [6.07, 6.45) is 0.0775. The molecule has 2 aromatic rings. The monoisotopic (exact) mass is 394 g/mol. The highest BCUT2D eigenvalue weighted by molar-refractivity contribution is 6.10. The van der Waals surface area contributed by atoms with Crippen LogP contribution in [0.3, 0.4) is 0 Å². The largest absolute Gasteiger partial charge is 0.494 e. The summed E-state index contributed by atoms with van der Waals surface area (Å²) in [6, 6.07) is 13.7. The Labute approximate surface area is 169 Å². The first-order chi connectivity index (χ1) is 13.9. The predicted molar refractivity (Wildman–Crippen MR) is 107 cm³/mol. The molecule has 0 aliphatic rings. The van der Waals surface area contributed by atoms with Crippen LogP contribution in [0.1, 0.15) is 30.6 Å². The fourth-order valence-corrected chi connectivity index (χ4v) is 2.77. The maximum atomic E-state index is 12.3. The first-order valence-electron chi connectivity index (χ1n) is 9.13. The van der Waals surface area contributed by atoms with Gasteiger partial charge in [-0.15, -0.1) is 0 Å². The van der Waals surface area contributed by atoms with Crippen LogP contribution >= 0.6 is 0 Å². The first-order valence-corrected chi connectivity index (χ1v) is 9.13. The molecule has 7 heteroatoms.